The van der Waals surface area contributed by atoms with Crippen LogP contribution in [-0.2, 0) is 17.8 Å². The topological polar surface area (TPSA) is 77.7 Å². The van der Waals surface area contributed by atoms with Crippen molar-refractivity contribution < 1.29 is 18.8 Å². The van der Waals surface area contributed by atoms with Crippen molar-refractivity contribution in [2.24, 2.45) is 0 Å². The Morgan fingerprint density at radius 2 is 1.83 bits per heavy atom. The average Bonchev–Trinajstić information content (AvgIpc) is 3.26. The fourth-order valence-electron chi connectivity index (χ4n) is 2.81. The van der Waals surface area contributed by atoms with Gasteiger partial charge in [0.15, 0.2) is 6.61 Å². The maximum atomic E-state index is 12.6. The number of hydrogen-bond donors (Lipinski definition) is 0. The van der Waals surface area contributed by atoms with E-state index in [2.05, 4.69) is 23.6 Å². The first-order valence-electron chi connectivity index (χ1n) is 9.70. The number of carbonyl (C=O) groups is 1. The van der Waals surface area contributed by atoms with Crippen molar-refractivity contribution in [3.05, 3.63) is 72.6 Å². The molecule has 0 aliphatic rings. The van der Waals surface area contributed by atoms with E-state index in [0.29, 0.717) is 24.0 Å². The number of nitrogens with zero attached hydrogens (tertiary/aromatic N) is 3. The third-order valence-corrected chi connectivity index (χ3v) is 4.54. The first-order chi connectivity index (χ1) is 14.6. The molecule has 30 heavy (non-hydrogen) atoms. The fourth-order valence-corrected chi connectivity index (χ4v) is 2.81. The van der Waals surface area contributed by atoms with Gasteiger partial charge in [0, 0.05) is 12.1 Å². The van der Waals surface area contributed by atoms with Crippen LogP contribution in [0.25, 0.3) is 11.4 Å². The van der Waals surface area contributed by atoms with Crippen molar-refractivity contribution in [3.8, 4) is 22.9 Å². The molecule has 0 radical (unpaired) electrons. The highest BCUT2D eigenvalue weighted by Crippen LogP contribution is 2.20. The number of carbonyl (C=O) groups excluding carboxylic acids is 1. The second kappa shape index (κ2) is 10.2. The van der Waals surface area contributed by atoms with Crippen LogP contribution in [0.3, 0.4) is 0 Å². The van der Waals surface area contributed by atoms with E-state index >= 15 is 0 Å². The predicted octanol–water partition coefficient (Wildman–Crippen LogP) is 3.90. The molecule has 2 aromatic carbocycles. The lowest BCUT2D eigenvalue weighted by molar-refractivity contribution is -0.133. The Bertz CT molecular complexity index is 965. The molecule has 1 heterocycles. The number of aromatic nitrogens is 2. The van der Waals surface area contributed by atoms with E-state index in [1.165, 1.54) is 5.56 Å². The van der Waals surface area contributed by atoms with Crippen LogP contribution in [0, 0.1) is 0 Å². The van der Waals surface area contributed by atoms with Crippen LogP contribution in [-0.4, -0.2) is 41.2 Å². The number of methoxy groups -OCH3 is 1. The highest BCUT2D eigenvalue weighted by atomic mass is 16.5. The molecular formula is C23H25N3O4. The SMILES string of the molecule is C=CCN(Cc1nc(-c2ccc(OC)cc2)no1)C(=O)COc1ccc(CC)cc1. The number of hydrogen-bond acceptors (Lipinski definition) is 6. The van der Waals surface area contributed by atoms with Gasteiger partial charge in [-0.05, 0) is 48.4 Å². The Morgan fingerprint density at radius 1 is 1.13 bits per heavy atom. The molecule has 3 rings (SSSR count). The Hall–Kier alpha value is -3.61. The third kappa shape index (κ3) is 5.47. The van der Waals surface area contributed by atoms with E-state index in [9.17, 15) is 4.79 Å². The summed E-state index contributed by atoms with van der Waals surface area (Å²) in [6.45, 7) is 6.24. The molecule has 0 atom stereocenters. The van der Waals surface area contributed by atoms with Crippen LogP contribution in [0.5, 0.6) is 11.5 Å². The Balaban J connectivity index is 1.62. The van der Waals surface area contributed by atoms with Gasteiger partial charge in [-0.25, -0.2) is 0 Å². The second-order valence-electron chi connectivity index (χ2n) is 6.59. The lowest BCUT2D eigenvalue weighted by Crippen LogP contribution is -2.34. The molecule has 0 fully saturated rings. The van der Waals surface area contributed by atoms with Gasteiger partial charge in [0.05, 0.1) is 7.11 Å². The van der Waals surface area contributed by atoms with Crippen molar-refractivity contribution in [2.45, 2.75) is 19.9 Å². The first-order valence-corrected chi connectivity index (χ1v) is 9.70. The summed E-state index contributed by atoms with van der Waals surface area (Å²) in [6.07, 6.45) is 2.60. The molecule has 0 N–H and O–H groups in total. The summed E-state index contributed by atoms with van der Waals surface area (Å²) in [5.74, 6) is 1.99. The highest BCUT2D eigenvalue weighted by molar-refractivity contribution is 5.77. The summed E-state index contributed by atoms with van der Waals surface area (Å²) in [6, 6.07) is 15.0. The van der Waals surface area contributed by atoms with Crippen molar-refractivity contribution in [1.29, 1.82) is 0 Å². The number of benzene rings is 2. The minimum atomic E-state index is -0.196. The summed E-state index contributed by atoms with van der Waals surface area (Å²) < 4.78 is 16.1. The van der Waals surface area contributed by atoms with Gasteiger partial charge in [0.2, 0.25) is 11.7 Å². The van der Waals surface area contributed by atoms with Gasteiger partial charge < -0.3 is 18.9 Å². The smallest absolute Gasteiger partial charge is 0.261 e. The molecular weight excluding hydrogens is 382 g/mol. The zero-order valence-electron chi connectivity index (χ0n) is 17.2. The predicted molar refractivity (Wildman–Crippen MR) is 113 cm³/mol. The van der Waals surface area contributed by atoms with Crippen molar-refractivity contribution in [3.63, 3.8) is 0 Å². The maximum absolute atomic E-state index is 12.6. The largest absolute Gasteiger partial charge is 0.497 e. The van der Waals surface area contributed by atoms with E-state index in [0.717, 1.165) is 17.7 Å². The molecule has 0 aliphatic heterocycles. The lowest BCUT2D eigenvalue weighted by Gasteiger charge is -2.19. The fraction of sp³-hybridized carbons (Fsp3) is 0.261. The minimum absolute atomic E-state index is 0.0845. The molecule has 0 spiro atoms. The van der Waals surface area contributed by atoms with E-state index in [1.807, 2.05) is 48.5 Å². The van der Waals surface area contributed by atoms with E-state index in [-0.39, 0.29) is 19.1 Å². The Kier molecular flexibility index (Phi) is 7.21. The minimum Gasteiger partial charge on any atom is -0.497 e. The van der Waals surface area contributed by atoms with E-state index in [1.54, 1.807) is 18.1 Å². The Morgan fingerprint density at radius 3 is 2.47 bits per heavy atom. The summed E-state index contributed by atoms with van der Waals surface area (Å²) in [4.78, 5) is 18.6. The van der Waals surface area contributed by atoms with Crippen molar-refractivity contribution in [1.82, 2.24) is 15.0 Å². The highest BCUT2D eigenvalue weighted by Gasteiger charge is 2.18. The number of ether oxygens (including phenoxy) is 2. The third-order valence-electron chi connectivity index (χ3n) is 4.54. The molecule has 0 aliphatic carbocycles. The molecule has 7 nitrogen and oxygen atoms in total. The summed E-state index contributed by atoms with van der Waals surface area (Å²) >= 11 is 0. The van der Waals surface area contributed by atoms with Gasteiger partial charge in [-0.15, -0.1) is 6.58 Å². The van der Waals surface area contributed by atoms with Crippen LogP contribution in [0.4, 0.5) is 0 Å². The molecule has 156 valence electrons. The molecule has 0 unspecified atom stereocenters. The molecule has 0 bridgehead atoms. The monoisotopic (exact) mass is 407 g/mol. The van der Waals surface area contributed by atoms with Gasteiger partial charge in [-0.3, -0.25) is 4.79 Å². The first kappa shape index (κ1) is 21.1. The molecule has 0 saturated carbocycles. The molecule has 1 amide bonds. The number of amides is 1. The standard InChI is InChI=1S/C23H25N3O4/c1-4-14-26(22(27)16-29-20-10-6-17(5-2)7-11-20)15-21-24-23(25-30-21)18-8-12-19(28-3)13-9-18/h4,6-13H,1,5,14-16H2,2-3H3. The van der Waals surface area contributed by atoms with Gasteiger partial charge in [-0.1, -0.05) is 30.3 Å². The van der Waals surface area contributed by atoms with Crippen LogP contribution in [0.1, 0.15) is 18.4 Å². The maximum Gasteiger partial charge on any atom is 0.261 e. The van der Waals surface area contributed by atoms with Crippen LogP contribution in [0.15, 0.2) is 65.7 Å². The van der Waals surface area contributed by atoms with Crippen LogP contribution < -0.4 is 9.47 Å². The van der Waals surface area contributed by atoms with Crippen molar-refractivity contribution >= 4 is 5.91 Å². The zero-order valence-corrected chi connectivity index (χ0v) is 17.2. The average molecular weight is 407 g/mol. The van der Waals surface area contributed by atoms with Crippen LogP contribution in [0.2, 0.25) is 0 Å². The Labute approximate surface area is 175 Å². The van der Waals surface area contributed by atoms with E-state index < -0.39 is 0 Å². The van der Waals surface area contributed by atoms with E-state index in [4.69, 9.17) is 14.0 Å². The van der Waals surface area contributed by atoms with Crippen molar-refractivity contribution in [2.75, 3.05) is 20.3 Å². The van der Waals surface area contributed by atoms with Gasteiger partial charge >= 0.3 is 0 Å². The van der Waals surface area contributed by atoms with Crippen LogP contribution >= 0.6 is 0 Å². The summed E-state index contributed by atoms with van der Waals surface area (Å²) in [5.41, 5.74) is 2.01. The van der Waals surface area contributed by atoms with Gasteiger partial charge in [-0.2, -0.15) is 4.98 Å². The lowest BCUT2D eigenvalue weighted by atomic mass is 10.2. The zero-order chi connectivity index (χ0) is 21.3. The summed E-state index contributed by atoms with van der Waals surface area (Å²) in [5, 5.41) is 4.00. The quantitative estimate of drug-likeness (QED) is 0.474. The number of aryl methyl sites for hydroxylation is 1. The molecule has 1 aromatic heterocycles. The molecule has 0 saturated heterocycles. The molecule has 7 heteroatoms. The normalized spacial score (nSPS) is 10.5. The second-order valence-corrected chi connectivity index (χ2v) is 6.59. The summed E-state index contributed by atoms with van der Waals surface area (Å²) in [7, 11) is 1.61. The number of rotatable bonds is 10. The molecule has 3 aromatic rings. The van der Waals surface area contributed by atoms with Gasteiger partial charge in [0.1, 0.15) is 18.0 Å². The van der Waals surface area contributed by atoms with Gasteiger partial charge in [0.25, 0.3) is 5.91 Å².